The monoisotopic (exact) mass is 155 g/mol. The average molecular weight is 155 g/mol. The molecule has 0 aromatic heterocycles. The van der Waals surface area contributed by atoms with E-state index in [0.29, 0.717) is 0 Å². The molecular formula is C10H21N. The predicted octanol–water partition coefficient (Wildman–Crippen LogP) is 2.94. The highest BCUT2D eigenvalue weighted by Crippen LogP contribution is 2.09. The van der Waals surface area contributed by atoms with E-state index in [0.717, 1.165) is 12.3 Å². The van der Waals surface area contributed by atoms with Crippen LogP contribution >= 0.6 is 0 Å². The van der Waals surface area contributed by atoms with Crippen LogP contribution in [0.3, 0.4) is 0 Å². The van der Waals surface area contributed by atoms with Gasteiger partial charge in [-0.2, -0.15) is 0 Å². The highest BCUT2D eigenvalue weighted by Gasteiger charge is 1.96. The zero-order chi connectivity index (χ0) is 8.69. The third-order valence-electron chi connectivity index (χ3n) is 1.76. The molecule has 0 spiro atoms. The van der Waals surface area contributed by atoms with E-state index in [4.69, 9.17) is 0 Å². The summed E-state index contributed by atoms with van der Waals surface area (Å²) in [5.41, 5.74) is 1.39. The molecule has 66 valence electrons. The molecule has 1 N–H and O–H groups in total. The van der Waals surface area contributed by atoms with Gasteiger partial charge in [-0.25, -0.2) is 0 Å². The van der Waals surface area contributed by atoms with Crippen LogP contribution in [0.25, 0.3) is 0 Å². The molecule has 0 aliphatic carbocycles. The molecule has 0 heterocycles. The summed E-state index contributed by atoms with van der Waals surface area (Å²) in [6.07, 6.45) is 5.88. The van der Waals surface area contributed by atoms with Crippen LogP contribution in [0.5, 0.6) is 0 Å². The Morgan fingerprint density at radius 2 is 2.09 bits per heavy atom. The van der Waals surface area contributed by atoms with Crippen molar-refractivity contribution in [3.63, 3.8) is 0 Å². The second kappa shape index (κ2) is 6.26. The van der Waals surface area contributed by atoms with Crippen molar-refractivity contribution in [2.45, 2.75) is 40.0 Å². The molecule has 11 heavy (non-hydrogen) atoms. The lowest BCUT2D eigenvalue weighted by Gasteiger charge is -2.08. The minimum atomic E-state index is 0.809. The van der Waals surface area contributed by atoms with E-state index >= 15 is 0 Å². The fourth-order valence-electron chi connectivity index (χ4n) is 1.02. The fourth-order valence-corrected chi connectivity index (χ4v) is 1.02. The topological polar surface area (TPSA) is 12.0 Å². The Balaban J connectivity index is 3.61. The van der Waals surface area contributed by atoms with Gasteiger partial charge in [-0.15, -0.1) is 0 Å². The molecule has 0 saturated heterocycles. The predicted molar refractivity (Wildman–Crippen MR) is 51.5 cm³/mol. The van der Waals surface area contributed by atoms with Gasteiger partial charge in [-0.1, -0.05) is 26.8 Å². The first-order chi connectivity index (χ1) is 5.20. The van der Waals surface area contributed by atoms with Crippen molar-refractivity contribution in [1.82, 2.24) is 5.32 Å². The van der Waals surface area contributed by atoms with Crippen molar-refractivity contribution in [2.75, 3.05) is 7.05 Å². The molecule has 0 aliphatic heterocycles. The molecule has 0 aromatic carbocycles. The third kappa shape index (κ3) is 5.96. The normalized spacial score (nSPS) is 12.3. The first-order valence-electron chi connectivity index (χ1n) is 4.57. The van der Waals surface area contributed by atoms with Crippen molar-refractivity contribution in [2.24, 2.45) is 5.92 Å². The van der Waals surface area contributed by atoms with Crippen LogP contribution in [0.15, 0.2) is 11.8 Å². The van der Waals surface area contributed by atoms with E-state index < -0.39 is 0 Å². The van der Waals surface area contributed by atoms with Crippen LogP contribution in [0.1, 0.15) is 40.0 Å². The van der Waals surface area contributed by atoms with Gasteiger partial charge in [0.25, 0.3) is 0 Å². The van der Waals surface area contributed by atoms with E-state index in [9.17, 15) is 0 Å². The van der Waals surface area contributed by atoms with Crippen LogP contribution in [0.4, 0.5) is 0 Å². The van der Waals surface area contributed by atoms with Crippen LogP contribution in [-0.2, 0) is 0 Å². The zero-order valence-electron chi connectivity index (χ0n) is 8.28. The summed E-state index contributed by atoms with van der Waals surface area (Å²) in [6.45, 7) is 6.70. The van der Waals surface area contributed by atoms with E-state index in [1.807, 2.05) is 7.05 Å². The lowest BCUT2D eigenvalue weighted by Crippen LogP contribution is -2.06. The number of allylic oxidation sites excluding steroid dienone is 2. The SMILES string of the molecule is CC/C=C(/CCC(C)C)NC. The lowest BCUT2D eigenvalue weighted by molar-refractivity contribution is 0.573. The van der Waals surface area contributed by atoms with E-state index in [1.54, 1.807) is 0 Å². The molecule has 1 nitrogen and oxygen atoms in total. The van der Waals surface area contributed by atoms with Crippen molar-refractivity contribution < 1.29 is 0 Å². The van der Waals surface area contributed by atoms with Crippen molar-refractivity contribution in [1.29, 1.82) is 0 Å². The molecule has 0 fully saturated rings. The van der Waals surface area contributed by atoms with Crippen LogP contribution in [-0.4, -0.2) is 7.05 Å². The maximum atomic E-state index is 3.22. The van der Waals surface area contributed by atoms with Crippen molar-refractivity contribution >= 4 is 0 Å². The zero-order valence-corrected chi connectivity index (χ0v) is 8.28. The lowest BCUT2D eigenvalue weighted by atomic mass is 10.1. The largest absolute Gasteiger partial charge is 0.392 e. The van der Waals surface area contributed by atoms with Gasteiger partial charge in [0.2, 0.25) is 0 Å². The van der Waals surface area contributed by atoms with Crippen LogP contribution in [0, 0.1) is 5.92 Å². The summed E-state index contributed by atoms with van der Waals surface area (Å²) in [5.74, 6) is 0.809. The van der Waals surface area contributed by atoms with Gasteiger partial charge in [0.05, 0.1) is 0 Å². The first-order valence-corrected chi connectivity index (χ1v) is 4.57. The molecule has 0 aliphatic rings. The van der Waals surface area contributed by atoms with Gasteiger partial charge in [0.1, 0.15) is 0 Å². The van der Waals surface area contributed by atoms with E-state index in [-0.39, 0.29) is 0 Å². The molecule has 0 saturated carbocycles. The molecular weight excluding hydrogens is 134 g/mol. The number of rotatable bonds is 5. The quantitative estimate of drug-likeness (QED) is 0.643. The number of hydrogen-bond acceptors (Lipinski definition) is 1. The highest BCUT2D eigenvalue weighted by molar-refractivity contribution is 4.97. The summed E-state index contributed by atoms with van der Waals surface area (Å²) in [4.78, 5) is 0. The second-order valence-electron chi connectivity index (χ2n) is 3.32. The van der Waals surface area contributed by atoms with Gasteiger partial charge < -0.3 is 5.32 Å². The van der Waals surface area contributed by atoms with Crippen LogP contribution < -0.4 is 5.32 Å². The van der Waals surface area contributed by atoms with E-state index in [1.165, 1.54) is 18.5 Å². The minimum Gasteiger partial charge on any atom is -0.392 e. The van der Waals surface area contributed by atoms with Crippen molar-refractivity contribution in [3.05, 3.63) is 11.8 Å². The van der Waals surface area contributed by atoms with Gasteiger partial charge in [-0.3, -0.25) is 0 Å². The Hall–Kier alpha value is -0.460. The summed E-state index contributed by atoms with van der Waals surface area (Å²) in [6, 6.07) is 0. The Morgan fingerprint density at radius 3 is 2.45 bits per heavy atom. The van der Waals surface area contributed by atoms with Gasteiger partial charge >= 0.3 is 0 Å². The summed E-state index contributed by atoms with van der Waals surface area (Å²) >= 11 is 0. The molecule has 0 aromatic rings. The van der Waals surface area contributed by atoms with Crippen LogP contribution in [0.2, 0.25) is 0 Å². The summed E-state index contributed by atoms with van der Waals surface area (Å²) < 4.78 is 0. The number of hydrogen-bond donors (Lipinski definition) is 1. The Labute approximate surface area is 70.9 Å². The van der Waals surface area contributed by atoms with E-state index in [2.05, 4.69) is 32.2 Å². The summed E-state index contributed by atoms with van der Waals surface area (Å²) in [7, 11) is 2.00. The maximum absolute atomic E-state index is 3.22. The smallest absolute Gasteiger partial charge is 0.00635 e. The Morgan fingerprint density at radius 1 is 1.45 bits per heavy atom. The molecule has 0 atom stereocenters. The molecule has 0 radical (unpaired) electrons. The minimum absolute atomic E-state index is 0.809. The Bertz CT molecular complexity index is 114. The maximum Gasteiger partial charge on any atom is 0.00635 e. The van der Waals surface area contributed by atoms with Gasteiger partial charge in [-0.05, 0) is 25.2 Å². The molecule has 0 amide bonds. The second-order valence-corrected chi connectivity index (χ2v) is 3.32. The summed E-state index contributed by atoms with van der Waals surface area (Å²) in [5, 5.41) is 3.22. The highest BCUT2D eigenvalue weighted by atomic mass is 14.8. The average Bonchev–Trinajstić information content (AvgIpc) is 1.97. The van der Waals surface area contributed by atoms with Gasteiger partial charge in [0.15, 0.2) is 0 Å². The molecule has 0 unspecified atom stereocenters. The number of nitrogens with one attached hydrogen (secondary N) is 1. The standard InChI is InChI=1S/C10H21N/c1-5-6-10(11-4)8-7-9(2)3/h6,9,11H,5,7-8H2,1-4H3/b10-6-. The molecule has 1 heteroatoms. The van der Waals surface area contributed by atoms with Gasteiger partial charge in [0, 0.05) is 12.7 Å². The fraction of sp³-hybridized carbons (Fsp3) is 0.800. The first kappa shape index (κ1) is 10.5. The molecule has 0 bridgehead atoms. The third-order valence-corrected chi connectivity index (χ3v) is 1.76. The van der Waals surface area contributed by atoms with Crippen molar-refractivity contribution in [3.8, 4) is 0 Å². The molecule has 0 rings (SSSR count). The Kier molecular flexibility index (Phi) is 6.00.